The maximum Gasteiger partial charge on any atom is 0.323 e. The van der Waals surface area contributed by atoms with Crippen LogP contribution in [0, 0.1) is 6.92 Å². The number of esters is 1. The lowest BCUT2D eigenvalue weighted by atomic mass is 10.0. The molecule has 1 unspecified atom stereocenters. The van der Waals surface area contributed by atoms with Gasteiger partial charge in [0.05, 0.1) is 19.8 Å². The second kappa shape index (κ2) is 7.43. The first-order chi connectivity index (χ1) is 10.1. The van der Waals surface area contributed by atoms with Crippen LogP contribution in [0.3, 0.4) is 0 Å². The second-order valence-corrected chi connectivity index (χ2v) is 5.27. The van der Waals surface area contributed by atoms with Crippen molar-refractivity contribution in [2.24, 2.45) is 5.73 Å². The van der Waals surface area contributed by atoms with Gasteiger partial charge in [-0.15, -0.1) is 0 Å². The van der Waals surface area contributed by atoms with E-state index in [9.17, 15) is 4.79 Å². The molecular formula is C16H24N2O3. The van der Waals surface area contributed by atoms with Gasteiger partial charge in [0, 0.05) is 18.8 Å². The summed E-state index contributed by atoms with van der Waals surface area (Å²) >= 11 is 0. The number of carbonyl (C=O) groups excluding carboxylic acids is 1. The van der Waals surface area contributed by atoms with Gasteiger partial charge in [-0.2, -0.15) is 0 Å². The Hall–Kier alpha value is -1.59. The number of anilines is 1. The number of nitrogens with zero attached hydrogens (tertiary/aromatic N) is 1. The molecule has 5 heteroatoms. The average molecular weight is 292 g/mol. The van der Waals surface area contributed by atoms with Crippen LogP contribution in [0.2, 0.25) is 0 Å². The van der Waals surface area contributed by atoms with Crippen LogP contribution in [0.25, 0.3) is 0 Å². The maximum atomic E-state index is 11.6. The molecule has 116 valence electrons. The van der Waals surface area contributed by atoms with E-state index in [-0.39, 0.29) is 5.97 Å². The third kappa shape index (κ3) is 4.19. The van der Waals surface area contributed by atoms with Crippen LogP contribution in [0.1, 0.15) is 18.1 Å². The van der Waals surface area contributed by atoms with Crippen LogP contribution in [-0.2, 0) is 20.7 Å². The Morgan fingerprint density at radius 3 is 2.76 bits per heavy atom. The molecule has 2 rings (SSSR count). The van der Waals surface area contributed by atoms with E-state index < -0.39 is 6.04 Å². The van der Waals surface area contributed by atoms with Gasteiger partial charge >= 0.3 is 5.97 Å². The van der Waals surface area contributed by atoms with Crippen molar-refractivity contribution in [3.05, 3.63) is 29.3 Å². The average Bonchev–Trinajstić information content (AvgIpc) is 2.50. The van der Waals surface area contributed by atoms with Gasteiger partial charge in [-0.1, -0.05) is 6.07 Å². The smallest absolute Gasteiger partial charge is 0.323 e. The van der Waals surface area contributed by atoms with Gasteiger partial charge in [-0.3, -0.25) is 4.79 Å². The van der Waals surface area contributed by atoms with E-state index in [1.165, 1.54) is 5.69 Å². The molecule has 5 nitrogen and oxygen atoms in total. The number of hydrogen-bond acceptors (Lipinski definition) is 5. The van der Waals surface area contributed by atoms with Crippen LogP contribution in [0.15, 0.2) is 18.2 Å². The second-order valence-electron chi connectivity index (χ2n) is 5.27. The molecule has 0 aromatic heterocycles. The first-order valence-corrected chi connectivity index (χ1v) is 7.46. The topological polar surface area (TPSA) is 64.8 Å². The first kappa shape index (κ1) is 15.8. The number of rotatable bonds is 5. The van der Waals surface area contributed by atoms with Crippen molar-refractivity contribution in [2.45, 2.75) is 26.3 Å². The summed E-state index contributed by atoms with van der Waals surface area (Å²) in [6.45, 7) is 7.58. The van der Waals surface area contributed by atoms with Crippen molar-refractivity contribution in [1.29, 1.82) is 0 Å². The normalized spacial score (nSPS) is 16.6. The molecule has 2 N–H and O–H groups in total. The Kier molecular flexibility index (Phi) is 5.59. The van der Waals surface area contributed by atoms with E-state index in [1.807, 2.05) is 0 Å². The summed E-state index contributed by atoms with van der Waals surface area (Å²) in [4.78, 5) is 13.9. The minimum absolute atomic E-state index is 0.339. The number of morpholine rings is 1. The number of carbonyl (C=O) groups is 1. The van der Waals surface area contributed by atoms with E-state index in [1.54, 1.807) is 6.92 Å². The molecule has 1 aliphatic heterocycles. The summed E-state index contributed by atoms with van der Waals surface area (Å²) in [5.74, 6) is -0.339. The van der Waals surface area contributed by atoms with Gasteiger partial charge in [0.2, 0.25) is 0 Å². The quantitative estimate of drug-likeness (QED) is 0.828. The highest BCUT2D eigenvalue weighted by molar-refractivity contribution is 5.76. The fourth-order valence-electron chi connectivity index (χ4n) is 2.50. The summed E-state index contributed by atoms with van der Waals surface area (Å²) in [7, 11) is 0. The zero-order valence-corrected chi connectivity index (χ0v) is 12.8. The lowest BCUT2D eigenvalue weighted by Crippen LogP contribution is -2.36. The Labute approximate surface area is 126 Å². The molecule has 0 amide bonds. The molecule has 0 bridgehead atoms. The molecule has 1 atom stereocenters. The summed E-state index contributed by atoms with van der Waals surface area (Å²) < 4.78 is 10.3. The highest BCUT2D eigenvalue weighted by atomic mass is 16.5. The van der Waals surface area contributed by atoms with Crippen LogP contribution >= 0.6 is 0 Å². The van der Waals surface area contributed by atoms with E-state index >= 15 is 0 Å². The molecule has 1 aromatic carbocycles. The van der Waals surface area contributed by atoms with Crippen molar-refractivity contribution >= 4 is 11.7 Å². The summed E-state index contributed by atoms with van der Waals surface area (Å²) in [5, 5.41) is 0. The van der Waals surface area contributed by atoms with Gasteiger partial charge in [-0.05, 0) is 43.5 Å². The van der Waals surface area contributed by atoms with Crippen LogP contribution < -0.4 is 10.6 Å². The third-order valence-corrected chi connectivity index (χ3v) is 3.73. The molecule has 0 saturated carbocycles. The lowest BCUT2D eigenvalue weighted by Gasteiger charge is -2.29. The van der Waals surface area contributed by atoms with Crippen molar-refractivity contribution in [1.82, 2.24) is 0 Å². The van der Waals surface area contributed by atoms with Crippen LogP contribution in [0.5, 0.6) is 0 Å². The van der Waals surface area contributed by atoms with Gasteiger partial charge in [0.1, 0.15) is 6.04 Å². The highest BCUT2D eigenvalue weighted by Crippen LogP contribution is 2.21. The number of benzene rings is 1. The molecule has 1 aliphatic rings. The molecule has 0 aliphatic carbocycles. The molecule has 1 heterocycles. The largest absolute Gasteiger partial charge is 0.465 e. The van der Waals surface area contributed by atoms with Crippen molar-refractivity contribution < 1.29 is 14.3 Å². The van der Waals surface area contributed by atoms with E-state index in [4.69, 9.17) is 15.2 Å². The van der Waals surface area contributed by atoms with E-state index in [0.717, 1.165) is 37.4 Å². The third-order valence-electron chi connectivity index (χ3n) is 3.73. The Morgan fingerprint density at radius 1 is 1.43 bits per heavy atom. The van der Waals surface area contributed by atoms with Gasteiger partial charge in [-0.25, -0.2) is 0 Å². The van der Waals surface area contributed by atoms with Crippen molar-refractivity contribution in [3.63, 3.8) is 0 Å². The van der Waals surface area contributed by atoms with Crippen LogP contribution in [-0.4, -0.2) is 44.9 Å². The Morgan fingerprint density at radius 2 is 2.14 bits per heavy atom. The standard InChI is InChI=1S/C16H24N2O3/c1-3-21-16(19)15(17)11-13-4-5-14(10-12(13)2)18-6-8-20-9-7-18/h4-5,10,15H,3,6-9,11,17H2,1-2H3. The zero-order chi connectivity index (χ0) is 15.2. The van der Waals surface area contributed by atoms with E-state index in [2.05, 4.69) is 30.0 Å². The van der Waals surface area contributed by atoms with E-state index in [0.29, 0.717) is 13.0 Å². The number of aryl methyl sites for hydroxylation is 1. The lowest BCUT2D eigenvalue weighted by molar-refractivity contribution is -0.144. The predicted octanol–water partition coefficient (Wildman–Crippen LogP) is 1.26. The molecule has 1 aromatic rings. The molecule has 1 saturated heterocycles. The molecule has 21 heavy (non-hydrogen) atoms. The van der Waals surface area contributed by atoms with Gasteiger partial charge in [0.15, 0.2) is 0 Å². The minimum Gasteiger partial charge on any atom is -0.465 e. The van der Waals surface area contributed by atoms with Crippen molar-refractivity contribution in [3.8, 4) is 0 Å². The summed E-state index contributed by atoms with van der Waals surface area (Å²) in [6.07, 6.45) is 0.508. The van der Waals surface area contributed by atoms with Gasteiger partial charge in [0.25, 0.3) is 0 Å². The Bertz CT molecular complexity index is 484. The van der Waals surface area contributed by atoms with Gasteiger partial charge < -0.3 is 20.1 Å². The number of hydrogen-bond donors (Lipinski definition) is 1. The molecular weight excluding hydrogens is 268 g/mol. The minimum atomic E-state index is -0.599. The first-order valence-electron chi connectivity index (χ1n) is 7.46. The number of ether oxygens (including phenoxy) is 2. The predicted molar refractivity (Wildman–Crippen MR) is 82.5 cm³/mol. The zero-order valence-electron chi connectivity index (χ0n) is 12.8. The molecule has 1 fully saturated rings. The fraction of sp³-hybridized carbons (Fsp3) is 0.562. The summed E-state index contributed by atoms with van der Waals surface area (Å²) in [5.41, 5.74) is 9.32. The summed E-state index contributed by atoms with van der Waals surface area (Å²) in [6, 6.07) is 5.70. The highest BCUT2D eigenvalue weighted by Gasteiger charge is 2.17. The molecule has 0 radical (unpaired) electrons. The van der Waals surface area contributed by atoms with Crippen molar-refractivity contribution in [2.75, 3.05) is 37.8 Å². The fourth-order valence-corrected chi connectivity index (χ4v) is 2.50. The SMILES string of the molecule is CCOC(=O)C(N)Cc1ccc(N2CCOCC2)cc1C. The Balaban J connectivity index is 2.03. The molecule has 0 spiro atoms. The maximum absolute atomic E-state index is 11.6. The van der Waals surface area contributed by atoms with Crippen LogP contribution in [0.4, 0.5) is 5.69 Å². The monoisotopic (exact) mass is 292 g/mol. The number of nitrogens with two attached hydrogens (primary N) is 1.